The predicted octanol–water partition coefficient (Wildman–Crippen LogP) is 6.06. The summed E-state index contributed by atoms with van der Waals surface area (Å²) in [7, 11) is -1.58. The zero-order valence-corrected chi connectivity index (χ0v) is 14.7. The molecule has 6 heteroatoms. The van der Waals surface area contributed by atoms with Gasteiger partial charge in [-0.05, 0) is 54.8 Å². The third kappa shape index (κ3) is 3.55. The van der Waals surface area contributed by atoms with Gasteiger partial charge < -0.3 is 0 Å². The van der Waals surface area contributed by atoms with Crippen LogP contribution < -0.4 is 0 Å². The van der Waals surface area contributed by atoms with Gasteiger partial charge in [0.2, 0.25) is 9.79 Å². The molecule has 3 rings (SSSR count). The fourth-order valence-electron chi connectivity index (χ4n) is 2.40. The highest BCUT2D eigenvalue weighted by Gasteiger charge is 2.39. The van der Waals surface area contributed by atoms with Gasteiger partial charge in [-0.25, -0.2) is 17.6 Å². The van der Waals surface area contributed by atoms with Gasteiger partial charge in [0.15, 0.2) is 28.2 Å². The van der Waals surface area contributed by atoms with Gasteiger partial charge in [-0.3, -0.25) is 0 Å². The summed E-state index contributed by atoms with van der Waals surface area (Å²) in [5.74, 6) is -3.33. The van der Waals surface area contributed by atoms with Crippen LogP contribution in [-0.2, 0) is 10.9 Å². The van der Waals surface area contributed by atoms with Crippen molar-refractivity contribution in [2.24, 2.45) is 0 Å². The lowest BCUT2D eigenvalue weighted by molar-refractivity contribution is 0.528. The Morgan fingerprint density at radius 3 is 1.40 bits per heavy atom. The van der Waals surface area contributed by atoms with Gasteiger partial charge in [0, 0.05) is 4.90 Å². The molecule has 128 valence electrons. The van der Waals surface area contributed by atoms with Crippen molar-refractivity contribution >= 4 is 22.7 Å². The third-order valence-corrected chi connectivity index (χ3v) is 6.62. The molecule has 0 aromatic heterocycles. The highest BCUT2D eigenvalue weighted by Crippen LogP contribution is 2.37. The van der Waals surface area contributed by atoms with E-state index >= 15 is 0 Å². The fourth-order valence-corrected chi connectivity index (χ4v) is 4.95. The van der Waals surface area contributed by atoms with Crippen molar-refractivity contribution < 1.29 is 17.6 Å². The molecule has 0 radical (unpaired) electrons. The monoisotopic (exact) mass is 381 g/mol. The summed E-state index contributed by atoms with van der Waals surface area (Å²) in [6, 6.07) is 13.6. The molecule has 0 amide bonds. The van der Waals surface area contributed by atoms with E-state index in [-0.39, 0.29) is 9.79 Å². The molecular formula is C19H13F4S2+. The summed E-state index contributed by atoms with van der Waals surface area (Å²) in [4.78, 5) is 0.688. The summed E-state index contributed by atoms with van der Waals surface area (Å²) < 4.78 is 57.6. The summed E-state index contributed by atoms with van der Waals surface area (Å²) in [5, 5.41) is 0. The van der Waals surface area contributed by atoms with Crippen LogP contribution in [-0.4, -0.2) is 6.26 Å². The number of benzene rings is 3. The number of rotatable bonds is 4. The lowest BCUT2D eigenvalue weighted by Crippen LogP contribution is -2.13. The third-order valence-electron chi connectivity index (χ3n) is 3.54. The average Bonchev–Trinajstić information content (AvgIpc) is 2.60. The normalized spacial score (nSPS) is 11.1. The average molecular weight is 381 g/mol. The van der Waals surface area contributed by atoms with Crippen LogP contribution in [0.15, 0.2) is 80.2 Å². The molecule has 0 fully saturated rings. The summed E-state index contributed by atoms with van der Waals surface area (Å²) in [5.41, 5.74) is 0. The minimum Gasteiger partial charge on any atom is -0.201 e. The molecule has 25 heavy (non-hydrogen) atoms. The van der Waals surface area contributed by atoms with Gasteiger partial charge in [-0.15, -0.1) is 11.8 Å². The van der Waals surface area contributed by atoms with Crippen molar-refractivity contribution in [2.45, 2.75) is 19.6 Å². The maximum Gasteiger partial charge on any atom is 0.237 e. The van der Waals surface area contributed by atoms with E-state index in [0.29, 0.717) is 4.90 Å². The van der Waals surface area contributed by atoms with Crippen molar-refractivity contribution in [3.05, 3.63) is 83.9 Å². The van der Waals surface area contributed by atoms with Crippen molar-refractivity contribution in [3.63, 3.8) is 0 Å². The fraction of sp³-hybridized carbons (Fsp3) is 0.0526. The van der Waals surface area contributed by atoms with Gasteiger partial charge in [-0.2, -0.15) is 0 Å². The van der Waals surface area contributed by atoms with E-state index < -0.39 is 34.2 Å². The minimum absolute atomic E-state index is 0.344. The Balaban J connectivity index is 2.28. The Morgan fingerprint density at radius 1 is 0.640 bits per heavy atom. The lowest BCUT2D eigenvalue weighted by atomic mass is 10.3. The Morgan fingerprint density at radius 2 is 1.04 bits per heavy atom. The highest BCUT2D eigenvalue weighted by atomic mass is 32.2. The molecule has 0 heterocycles. The Kier molecular flexibility index (Phi) is 5.39. The van der Waals surface area contributed by atoms with E-state index in [4.69, 9.17) is 0 Å². The SMILES string of the molecule is CSc1ccc([S+](c2c(F)cccc2F)c2c(F)cccc2F)cc1. The smallest absolute Gasteiger partial charge is 0.201 e. The van der Waals surface area contributed by atoms with E-state index in [1.807, 2.05) is 6.26 Å². The second-order valence-corrected chi connectivity index (χ2v) is 7.86. The second-order valence-electron chi connectivity index (χ2n) is 5.08. The molecule has 0 saturated heterocycles. The number of halogens is 4. The molecule has 0 saturated carbocycles. The zero-order chi connectivity index (χ0) is 18.0. The second kappa shape index (κ2) is 7.54. The first-order valence-electron chi connectivity index (χ1n) is 7.29. The van der Waals surface area contributed by atoms with Gasteiger partial charge in [0.1, 0.15) is 10.9 Å². The van der Waals surface area contributed by atoms with E-state index in [9.17, 15) is 17.6 Å². The Labute approximate surface area is 150 Å². The van der Waals surface area contributed by atoms with Crippen molar-refractivity contribution in [1.82, 2.24) is 0 Å². The van der Waals surface area contributed by atoms with E-state index in [1.54, 1.807) is 24.3 Å². The molecule has 3 aromatic carbocycles. The first-order valence-corrected chi connectivity index (χ1v) is 9.74. The molecule has 3 aromatic rings. The van der Waals surface area contributed by atoms with Crippen molar-refractivity contribution in [1.29, 1.82) is 0 Å². The first kappa shape index (κ1) is 17.9. The molecule has 0 spiro atoms. The molecule has 0 bridgehead atoms. The molecule has 0 nitrogen and oxygen atoms in total. The van der Waals surface area contributed by atoms with Crippen LogP contribution in [0.3, 0.4) is 0 Å². The van der Waals surface area contributed by atoms with Crippen molar-refractivity contribution in [2.75, 3.05) is 6.26 Å². The van der Waals surface area contributed by atoms with Crippen molar-refractivity contribution in [3.8, 4) is 0 Å². The molecule has 0 aliphatic rings. The van der Waals surface area contributed by atoms with E-state index in [2.05, 4.69) is 0 Å². The van der Waals surface area contributed by atoms with Crippen LogP contribution in [0, 0.1) is 23.3 Å². The topological polar surface area (TPSA) is 0 Å². The summed E-state index contributed by atoms with van der Waals surface area (Å²) >= 11 is 1.50. The predicted molar refractivity (Wildman–Crippen MR) is 93.1 cm³/mol. The van der Waals surface area contributed by atoms with Crippen LogP contribution in [0.4, 0.5) is 17.6 Å². The number of thioether (sulfide) groups is 1. The van der Waals surface area contributed by atoms with Gasteiger partial charge in [-0.1, -0.05) is 12.1 Å². The summed E-state index contributed by atoms with van der Waals surface area (Å²) in [6.07, 6.45) is 1.89. The number of hydrogen-bond donors (Lipinski definition) is 0. The first-order chi connectivity index (χ1) is 12.0. The number of hydrogen-bond acceptors (Lipinski definition) is 1. The van der Waals surface area contributed by atoms with E-state index in [1.165, 1.54) is 23.9 Å². The Bertz CT molecular complexity index is 802. The quantitative estimate of drug-likeness (QED) is 0.301. The molecule has 0 unspecified atom stereocenters. The lowest BCUT2D eigenvalue weighted by Gasteiger charge is -2.11. The largest absolute Gasteiger partial charge is 0.237 e. The van der Waals surface area contributed by atoms with Crippen LogP contribution in [0.2, 0.25) is 0 Å². The van der Waals surface area contributed by atoms with Gasteiger partial charge in [0.25, 0.3) is 0 Å². The zero-order valence-electron chi connectivity index (χ0n) is 13.1. The molecule has 0 aliphatic heterocycles. The van der Waals surface area contributed by atoms with Crippen LogP contribution in [0.5, 0.6) is 0 Å². The maximum atomic E-state index is 14.4. The molecule has 0 atom stereocenters. The molecular weight excluding hydrogens is 368 g/mol. The minimum atomic E-state index is -1.58. The van der Waals surface area contributed by atoms with E-state index in [0.717, 1.165) is 29.2 Å². The van der Waals surface area contributed by atoms with Crippen LogP contribution in [0.25, 0.3) is 0 Å². The maximum absolute atomic E-state index is 14.4. The van der Waals surface area contributed by atoms with Crippen LogP contribution in [0.1, 0.15) is 0 Å². The van der Waals surface area contributed by atoms with Crippen LogP contribution >= 0.6 is 11.8 Å². The summed E-state index contributed by atoms with van der Waals surface area (Å²) in [6.45, 7) is 0. The molecule has 0 aliphatic carbocycles. The Hall–Kier alpha value is -1.92. The van der Waals surface area contributed by atoms with Gasteiger partial charge >= 0.3 is 0 Å². The standard InChI is InChI=1S/C19H13F4S2/c1-24-12-8-10-13(11-9-12)25(18-14(20)4-2-5-15(18)21)19-16(22)6-3-7-17(19)23/h2-11H,1H3/q+1. The highest BCUT2D eigenvalue weighted by molar-refractivity contribution is 7.98. The molecule has 0 N–H and O–H groups in total. The van der Waals surface area contributed by atoms with Gasteiger partial charge in [0.05, 0.1) is 0 Å².